The summed E-state index contributed by atoms with van der Waals surface area (Å²) in [6.45, 7) is 6.06. The molecule has 0 saturated heterocycles. The molecule has 0 aromatic heterocycles. The van der Waals surface area contributed by atoms with Gasteiger partial charge in [-0.25, -0.2) is 9.59 Å². The van der Waals surface area contributed by atoms with Crippen LogP contribution < -0.4 is 29.6 Å². The van der Waals surface area contributed by atoms with Gasteiger partial charge >= 0.3 is 18.0 Å². The van der Waals surface area contributed by atoms with Crippen LogP contribution in [0.15, 0.2) is 23.8 Å². The summed E-state index contributed by atoms with van der Waals surface area (Å²) in [5.74, 6) is 0.468. The van der Waals surface area contributed by atoms with Crippen molar-refractivity contribution in [2.45, 2.75) is 46.6 Å². The number of methoxy groups -OCH3 is 3. The topological polar surface area (TPSA) is 121 Å². The van der Waals surface area contributed by atoms with Gasteiger partial charge in [0.2, 0.25) is 0 Å². The van der Waals surface area contributed by atoms with E-state index in [0.717, 1.165) is 11.1 Å². The molecule has 0 bridgehead atoms. The molecule has 2 aromatic carbocycles. The number of anilines is 1. The van der Waals surface area contributed by atoms with Crippen LogP contribution in [0, 0.1) is 6.92 Å². The minimum atomic E-state index is -0.499. The normalized spacial score (nSPS) is 12.4. The number of ether oxygens (including phenoxy) is 5. The number of cyclic esters (lactones) is 1. The lowest BCUT2D eigenvalue weighted by Crippen LogP contribution is -2.29. The number of urea groups is 1. The molecule has 10 nitrogen and oxygen atoms in total. The zero-order valence-corrected chi connectivity index (χ0v) is 23.7. The standard InChI is InChI=1S/C28H33ClN2O8/c1-7-30-28(34)31-24-17(25(36-5)16(3)18-14-38-27(33)22(18)24)10-8-15(2)9-13-21(32)39-19-11-12-20(35-4)26(37-6)23(19)29/h8,11-12H,7,9-10,13-14H2,1-6H3,(H2,30,31,34). The van der Waals surface area contributed by atoms with Gasteiger partial charge < -0.3 is 34.3 Å². The molecule has 11 heteroatoms. The third-order valence-corrected chi connectivity index (χ3v) is 6.66. The number of nitrogens with one attached hydrogen (secondary N) is 2. The largest absolute Gasteiger partial charge is 0.496 e. The Bertz CT molecular complexity index is 1310. The van der Waals surface area contributed by atoms with Crippen LogP contribution in [-0.2, 0) is 22.6 Å². The molecule has 0 aliphatic carbocycles. The number of rotatable bonds is 11. The minimum absolute atomic E-state index is 0.101. The van der Waals surface area contributed by atoms with Crippen LogP contribution in [0.1, 0.15) is 53.7 Å². The van der Waals surface area contributed by atoms with Gasteiger partial charge in [-0.1, -0.05) is 23.3 Å². The van der Waals surface area contributed by atoms with E-state index in [1.165, 1.54) is 21.3 Å². The van der Waals surface area contributed by atoms with Crippen LogP contribution in [0.3, 0.4) is 0 Å². The predicted octanol–water partition coefficient (Wildman–Crippen LogP) is 5.36. The average molecular weight is 561 g/mol. The van der Waals surface area contributed by atoms with Gasteiger partial charge in [0.05, 0.1) is 32.6 Å². The average Bonchev–Trinajstić information content (AvgIpc) is 3.30. The third-order valence-electron chi connectivity index (χ3n) is 6.30. The zero-order chi connectivity index (χ0) is 28.7. The van der Waals surface area contributed by atoms with Crippen LogP contribution in [0.25, 0.3) is 0 Å². The number of halogens is 1. The maximum absolute atomic E-state index is 12.6. The van der Waals surface area contributed by atoms with Crippen molar-refractivity contribution in [3.63, 3.8) is 0 Å². The first kappa shape index (κ1) is 29.6. The first-order chi connectivity index (χ1) is 18.7. The Hall–Kier alpha value is -3.92. The molecule has 2 N–H and O–H groups in total. The van der Waals surface area contributed by atoms with E-state index in [1.54, 1.807) is 19.1 Å². The number of hydrogen-bond acceptors (Lipinski definition) is 8. The molecule has 39 heavy (non-hydrogen) atoms. The predicted molar refractivity (Wildman–Crippen MR) is 146 cm³/mol. The summed E-state index contributed by atoms with van der Waals surface area (Å²) < 4.78 is 26.8. The highest BCUT2D eigenvalue weighted by molar-refractivity contribution is 6.34. The van der Waals surface area contributed by atoms with Gasteiger partial charge in [0.15, 0.2) is 17.2 Å². The summed E-state index contributed by atoms with van der Waals surface area (Å²) in [7, 11) is 4.47. The van der Waals surface area contributed by atoms with Gasteiger partial charge in [-0.3, -0.25) is 4.79 Å². The number of allylic oxidation sites excluding steroid dienone is 2. The summed E-state index contributed by atoms with van der Waals surface area (Å²) in [5, 5.41) is 5.62. The molecule has 1 heterocycles. The molecule has 0 radical (unpaired) electrons. The minimum Gasteiger partial charge on any atom is -0.496 e. The first-order valence-electron chi connectivity index (χ1n) is 12.4. The lowest BCUT2D eigenvalue weighted by atomic mass is 9.93. The summed E-state index contributed by atoms with van der Waals surface area (Å²) in [6, 6.07) is 2.71. The SMILES string of the molecule is CCNC(=O)Nc1c(CC=C(C)CCC(=O)Oc2ccc(OC)c(OC)c2Cl)c(OC)c(C)c2c1C(=O)OC2. The van der Waals surface area contributed by atoms with Crippen molar-refractivity contribution in [1.29, 1.82) is 0 Å². The Labute approximate surface area is 232 Å². The lowest BCUT2D eigenvalue weighted by molar-refractivity contribution is -0.134. The molecule has 0 spiro atoms. The van der Waals surface area contributed by atoms with E-state index in [9.17, 15) is 14.4 Å². The molecule has 3 rings (SSSR count). The molecule has 1 aliphatic heterocycles. The van der Waals surface area contributed by atoms with Crippen molar-refractivity contribution in [3.8, 4) is 23.0 Å². The van der Waals surface area contributed by atoms with Crippen LogP contribution in [-0.4, -0.2) is 45.8 Å². The number of hydrogen-bond donors (Lipinski definition) is 2. The fourth-order valence-corrected chi connectivity index (χ4v) is 4.58. The van der Waals surface area contributed by atoms with Gasteiger partial charge in [-0.15, -0.1) is 0 Å². The maximum atomic E-state index is 12.6. The second-order valence-electron chi connectivity index (χ2n) is 8.77. The van der Waals surface area contributed by atoms with E-state index < -0.39 is 18.0 Å². The quantitative estimate of drug-likeness (QED) is 0.214. The number of esters is 2. The van der Waals surface area contributed by atoms with Gasteiger partial charge in [-0.05, 0) is 51.3 Å². The zero-order valence-electron chi connectivity index (χ0n) is 22.9. The van der Waals surface area contributed by atoms with Gasteiger partial charge in [-0.2, -0.15) is 0 Å². The summed E-state index contributed by atoms with van der Waals surface area (Å²) in [5.41, 5.74) is 3.68. The van der Waals surface area contributed by atoms with Crippen molar-refractivity contribution in [2.75, 3.05) is 33.2 Å². The fraction of sp³-hybridized carbons (Fsp3) is 0.393. The Morgan fingerprint density at radius 1 is 1.08 bits per heavy atom. The third kappa shape index (κ3) is 6.57. The number of benzene rings is 2. The molecule has 2 amide bonds. The summed E-state index contributed by atoms with van der Waals surface area (Å²) >= 11 is 6.31. The van der Waals surface area contributed by atoms with E-state index in [-0.39, 0.29) is 29.5 Å². The van der Waals surface area contributed by atoms with Crippen molar-refractivity contribution >= 4 is 35.3 Å². The molecule has 210 valence electrons. The van der Waals surface area contributed by atoms with Gasteiger partial charge in [0, 0.05) is 24.1 Å². The van der Waals surface area contributed by atoms with Crippen molar-refractivity contribution in [1.82, 2.24) is 5.32 Å². The number of carbonyl (C=O) groups is 3. The Kier molecular flexibility index (Phi) is 10.1. The van der Waals surface area contributed by atoms with Crippen LogP contribution in [0.2, 0.25) is 5.02 Å². The second-order valence-corrected chi connectivity index (χ2v) is 9.15. The summed E-state index contributed by atoms with van der Waals surface area (Å²) in [4.78, 5) is 37.5. The monoisotopic (exact) mass is 560 g/mol. The van der Waals surface area contributed by atoms with Crippen LogP contribution in [0.5, 0.6) is 23.0 Å². The number of carbonyl (C=O) groups excluding carboxylic acids is 3. The van der Waals surface area contributed by atoms with E-state index >= 15 is 0 Å². The number of fused-ring (bicyclic) bond motifs is 1. The molecule has 2 aromatic rings. The molecule has 1 aliphatic rings. The van der Waals surface area contributed by atoms with E-state index in [0.29, 0.717) is 53.3 Å². The van der Waals surface area contributed by atoms with E-state index in [2.05, 4.69) is 10.6 Å². The van der Waals surface area contributed by atoms with Gasteiger partial charge in [0.25, 0.3) is 0 Å². The van der Waals surface area contributed by atoms with E-state index in [4.69, 9.17) is 35.3 Å². The summed E-state index contributed by atoms with van der Waals surface area (Å²) in [6.07, 6.45) is 2.78. The Balaban J connectivity index is 1.79. The Morgan fingerprint density at radius 3 is 2.41 bits per heavy atom. The molecule has 0 saturated carbocycles. The maximum Gasteiger partial charge on any atom is 0.341 e. The Morgan fingerprint density at radius 2 is 1.77 bits per heavy atom. The highest BCUT2D eigenvalue weighted by atomic mass is 35.5. The van der Waals surface area contributed by atoms with E-state index in [1.807, 2.05) is 19.9 Å². The lowest BCUT2D eigenvalue weighted by Gasteiger charge is -2.20. The van der Waals surface area contributed by atoms with Crippen molar-refractivity contribution in [2.24, 2.45) is 0 Å². The molecule has 0 fully saturated rings. The molecule has 0 unspecified atom stereocenters. The molecular formula is C28H33ClN2O8. The fourth-order valence-electron chi connectivity index (χ4n) is 4.31. The highest BCUT2D eigenvalue weighted by Gasteiger charge is 2.32. The molecule has 0 atom stereocenters. The molecular weight excluding hydrogens is 528 g/mol. The van der Waals surface area contributed by atoms with Crippen molar-refractivity contribution < 1.29 is 38.1 Å². The van der Waals surface area contributed by atoms with Crippen molar-refractivity contribution in [3.05, 3.63) is 51.1 Å². The smallest absolute Gasteiger partial charge is 0.341 e. The van der Waals surface area contributed by atoms with Gasteiger partial charge in [0.1, 0.15) is 17.4 Å². The number of amides is 2. The highest BCUT2D eigenvalue weighted by Crippen LogP contribution is 2.42. The second kappa shape index (κ2) is 13.2. The van der Waals surface area contributed by atoms with Crippen LogP contribution >= 0.6 is 11.6 Å². The van der Waals surface area contributed by atoms with Crippen LogP contribution in [0.4, 0.5) is 10.5 Å². The first-order valence-corrected chi connectivity index (χ1v) is 12.7.